The molecular formula is C26H31BrClN5O2S. The fourth-order valence-electron chi connectivity index (χ4n) is 3.78. The summed E-state index contributed by atoms with van der Waals surface area (Å²) >= 11 is 11.1. The van der Waals surface area contributed by atoms with E-state index in [1.54, 1.807) is 24.3 Å². The largest absolute Gasteiger partial charge is 0.342 e. The van der Waals surface area contributed by atoms with Crippen LogP contribution in [0.2, 0.25) is 5.02 Å². The van der Waals surface area contributed by atoms with E-state index in [2.05, 4.69) is 50.6 Å². The van der Waals surface area contributed by atoms with Crippen molar-refractivity contribution >= 4 is 56.8 Å². The number of rotatable bonds is 10. The second-order valence-electron chi connectivity index (χ2n) is 8.90. The van der Waals surface area contributed by atoms with Gasteiger partial charge >= 0.3 is 0 Å². The van der Waals surface area contributed by atoms with Crippen LogP contribution in [0.3, 0.4) is 0 Å². The van der Waals surface area contributed by atoms with Crippen molar-refractivity contribution in [2.24, 2.45) is 5.92 Å². The zero-order valence-corrected chi connectivity index (χ0v) is 24.2. The molecule has 192 valence electrons. The lowest BCUT2D eigenvalue weighted by Gasteiger charge is -2.21. The zero-order chi connectivity index (χ0) is 26.4. The molecule has 1 aromatic heterocycles. The van der Waals surface area contributed by atoms with Gasteiger partial charge in [0.15, 0.2) is 11.0 Å². The Morgan fingerprint density at radius 3 is 2.50 bits per heavy atom. The van der Waals surface area contributed by atoms with Crippen LogP contribution in [-0.2, 0) is 11.3 Å². The summed E-state index contributed by atoms with van der Waals surface area (Å²) < 4.78 is 2.96. The van der Waals surface area contributed by atoms with Crippen LogP contribution in [0.5, 0.6) is 0 Å². The van der Waals surface area contributed by atoms with Crippen LogP contribution in [-0.4, -0.2) is 32.3 Å². The second kappa shape index (κ2) is 12.7. The molecule has 0 aliphatic rings. The summed E-state index contributed by atoms with van der Waals surface area (Å²) in [5.74, 6) is 0.776. The van der Waals surface area contributed by atoms with Crippen LogP contribution in [0.1, 0.15) is 60.5 Å². The Bertz CT molecular complexity index is 1250. The van der Waals surface area contributed by atoms with Gasteiger partial charge in [0, 0.05) is 16.7 Å². The quantitative estimate of drug-likeness (QED) is 0.260. The minimum absolute atomic E-state index is 0.122. The number of amides is 2. The first kappa shape index (κ1) is 28.2. The fraction of sp³-hybridized carbons (Fsp3) is 0.385. The van der Waals surface area contributed by atoms with Gasteiger partial charge in [-0.05, 0) is 68.5 Å². The molecule has 1 atom stereocenters. The summed E-state index contributed by atoms with van der Waals surface area (Å²) in [7, 11) is 0. The smallest absolute Gasteiger partial charge is 0.253 e. The average molecular weight is 593 g/mol. The Kier molecular flexibility index (Phi) is 9.99. The van der Waals surface area contributed by atoms with Crippen LogP contribution >= 0.6 is 39.3 Å². The molecule has 0 saturated carbocycles. The zero-order valence-electron chi connectivity index (χ0n) is 21.1. The van der Waals surface area contributed by atoms with E-state index in [4.69, 9.17) is 11.6 Å². The maximum absolute atomic E-state index is 13.0. The Labute approximate surface area is 229 Å². The molecule has 0 bridgehead atoms. The van der Waals surface area contributed by atoms with E-state index in [0.717, 1.165) is 21.3 Å². The fourth-order valence-corrected chi connectivity index (χ4v) is 5.24. The van der Waals surface area contributed by atoms with E-state index in [-0.39, 0.29) is 23.6 Å². The molecule has 3 aromatic rings. The highest BCUT2D eigenvalue weighted by molar-refractivity contribution is 9.10. The van der Waals surface area contributed by atoms with Crippen molar-refractivity contribution in [3.8, 4) is 0 Å². The van der Waals surface area contributed by atoms with Crippen molar-refractivity contribution < 1.29 is 9.59 Å². The van der Waals surface area contributed by atoms with Crippen molar-refractivity contribution in [3.63, 3.8) is 0 Å². The standard InChI is InChI=1S/C26H31BrClN5O2S/c1-6-33-24(22(13-15(2)3)30-25(35)18-9-7-8-10-20(18)28)31-32-26(33)36-14-23(34)29-21-12-11-19(27)16(4)17(21)5/h7-12,15,22H,6,13-14H2,1-5H3,(H,29,34)(H,30,35)/t22-/m0/s1. The Morgan fingerprint density at radius 1 is 1.11 bits per heavy atom. The third kappa shape index (κ3) is 6.89. The molecular weight excluding hydrogens is 562 g/mol. The number of nitrogens with zero attached hydrogens (tertiary/aromatic N) is 3. The predicted octanol–water partition coefficient (Wildman–Crippen LogP) is 6.58. The van der Waals surface area contributed by atoms with Crippen molar-refractivity contribution in [1.82, 2.24) is 20.1 Å². The first-order valence-corrected chi connectivity index (χ1v) is 13.9. The number of aromatic nitrogens is 3. The highest BCUT2D eigenvalue weighted by Crippen LogP contribution is 2.28. The van der Waals surface area contributed by atoms with Crippen molar-refractivity contribution in [2.45, 2.75) is 58.8 Å². The Hall–Kier alpha value is -2.36. The normalized spacial score (nSPS) is 12.0. The van der Waals surface area contributed by atoms with Crippen molar-refractivity contribution in [3.05, 3.63) is 68.4 Å². The average Bonchev–Trinajstić information content (AvgIpc) is 3.25. The third-order valence-electron chi connectivity index (χ3n) is 5.83. The van der Waals surface area contributed by atoms with Crippen LogP contribution in [0.25, 0.3) is 0 Å². The topological polar surface area (TPSA) is 88.9 Å². The summed E-state index contributed by atoms with van der Waals surface area (Å²) in [4.78, 5) is 25.7. The molecule has 0 aliphatic heterocycles. The van der Waals surface area contributed by atoms with E-state index in [1.165, 1.54) is 11.8 Å². The summed E-state index contributed by atoms with van der Waals surface area (Å²) in [6.45, 7) is 10.8. The molecule has 36 heavy (non-hydrogen) atoms. The van der Waals surface area contributed by atoms with E-state index in [1.807, 2.05) is 37.5 Å². The molecule has 2 aromatic carbocycles. The molecule has 0 radical (unpaired) electrons. The Balaban J connectivity index is 1.75. The third-order valence-corrected chi connectivity index (χ3v) is 7.99. The molecule has 0 aliphatic carbocycles. The van der Waals surface area contributed by atoms with Gasteiger partial charge in [0.2, 0.25) is 5.91 Å². The summed E-state index contributed by atoms with van der Waals surface area (Å²) in [6.07, 6.45) is 0.682. The van der Waals surface area contributed by atoms with Crippen LogP contribution in [0.15, 0.2) is 46.0 Å². The van der Waals surface area contributed by atoms with Crippen molar-refractivity contribution in [1.29, 1.82) is 0 Å². The Morgan fingerprint density at radius 2 is 1.83 bits per heavy atom. The van der Waals surface area contributed by atoms with Gasteiger partial charge in [0.05, 0.1) is 22.4 Å². The lowest BCUT2D eigenvalue weighted by molar-refractivity contribution is -0.113. The monoisotopic (exact) mass is 591 g/mol. The SMILES string of the molecule is CCn1c(SCC(=O)Nc2ccc(Br)c(C)c2C)nnc1[C@H](CC(C)C)NC(=O)c1ccccc1Cl. The van der Waals surface area contributed by atoms with Gasteiger partial charge in [0.25, 0.3) is 5.91 Å². The highest BCUT2D eigenvalue weighted by Gasteiger charge is 2.25. The summed E-state index contributed by atoms with van der Waals surface area (Å²) in [5, 5.41) is 15.9. The molecule has 10 heteroatoms. The van der Waals surface area contributed by atoms with Crippen LogP contribution in [0.4, 0.5) is 5.69 Å². The molecule has 2 N–H and O–H groups in total. The first-order chi connectivity index (χ1) is 17.1. The number of anilines is 1. The van der Waals surface area contributed by atoms with Crippen LogP contribution < -0.4 is 10.6 Å². The molecule has 0 fully saturated rings. The maximum atomic E-state index is 13.0. The van der Waals surface area contributed by atoms with Gasteiger partial charge in [-0.1, -0.05) is 65.3 Å². The summed E-state index contributed by atoms with van der Waals surface area (Å²) in [5.41, 5.74) is 3.32. The number of benzene rings is 2. The second-order valence-corrected chi connectivity index (χ2v) is 11.1. The highest BCUT2D eigenvalue weighted by atomic mass is 79.9. The minimum Gasteiger partial charge on any atom is -0.342 e. The molecule has 0 saturated heterocycles. The number of hydrogen-bond donors (Lipinski definition) is 2. The number of halogens is 2. The number of nitrogens with one attached hydrogen (secondary N) is 2. The van der Waals surface area contributed by atoms with Gasteiger partial charge in [-0.3, -0.25) is 9.59 Å². The molecule has 7 nitrogen and oxygen atoms in total. The predicted molar refractivity (Wildman–Crippen MR) is 150 cm³/mol. The minimum atomic E-state index is -0.349. The van der Waals surface area contributed by atoms with Crippen molar-refractivity contribution in [2.75, 3.05) is 11.1 Å². The molecule has 1 heterocycles. The molecule has 2 amide bonds. The van der Waals surface area contributed by atoms with Gasteiger partial charge in [-0.2, -0.15) is 0 Å². The summed E-state index contributed by atoms with van der Waals surface area (Å²) in [6, 6.07) is 10.4. The lowest BCUT2D eigenvalue weighted by Crippen LogP contribution is -2.31. The lowest BCUT2D eigenvalue weighted by atomic mass is 10.0. The van der Waals surface area contributed by atoms with Gasteiger partial charge in [0.1, 0.15) is 0 Å². The van der Waals surface area contributed by atoms with Gasteiger partial charge in [-0.15, -0.1) is 10.2 Å². The number of hydrogen-bond acceptors (Lipinski definition) is 5. The number of carbonyl (C=O) groups is 2. The molecule has 0 spiro atoms. The maximum Gasteiger partial charge on any atom is 0.253 e. The van der Waals surface area contributed by atoms with E-state index < -0.39 is 0 Å². The van der Waals surface area contributed by atoms with Gasteiger partial charge < -0.3 is 15.2 Å². The van der Waals surface area contributed by atoms with E-state index >= 15 is 0 Å². The van der Waals surface area contributed by atoms with Gasteiger partial charge in [-0.25, -0.2) is 0 Å². The van der Waals surface area contributed by atoms with Crippen LogP contribution in [0, 0.1) is 19.8 Å². The molecule has 3 rings (SSSR count). The van der Waals surface area contributed by atoms with E-state index in [0.29, 0.717) is 40.5 Å². The van der Waals surface area contributed by atoms with E-state index in [9.17, 15) is 9.59 Å². The first-order valence-electron chi connectivity index (χ1n) is 11.8. The number of thioether (sulfide) groups is 1. The number of carbonyl (C=O) groups excluding carboxylic acids is 2. The molecule has 0 unspecified atom stereocenters.